The van der Waals surface area contributed by atoms with E-state index in [0.29, 0.717) is 5.16 Å². The molecule has 128 valence electrons. The van der Waals surface area contributed by atoms with Gasteiger partial charge in [-0.3, -0.25) is 14.7 Å². The van der Waals surface area contributed by atoms with Crippen LogP contribution < -0.4 is 10.6 Å². The Kier molecular flexibility index (Phi) is 6.80. The number of benzene rings is 1. The number of aryl methyl sites for hydroxylation is 2. The number of carbonyl (C=O) groups is 2. The average molecular weight is 347 g/mol. The molecule has 0 unspecified atom stereocenters. The van der Waals surface area contributed by atoms with Gasteiger partial charge >= 0.3 is 0 Å². The molecule has 1 heterocycles. The van der Waals surface area contributed by atoms with Crippen LogP contribution >= 0.6 is 11.8 Å². The van der Waals surface area contributed by atoms with Crippen LogP contribution in [-0.2, 0) is 22.4 Å². The van der Waals surface area contributed by atoms with Crippen LogP contribution in [0, 0.1) is 0 Å². The second-order valence-electron chi connectivity index (χ2n) is 5.04. The number of hydrogen-bond acceptors (Lipinski definition) is 5. The Morgan fingerprint density at radius 3 is 2.67 bits per heavy atom. The van der Waals surface area contributed by atoms with Crippen LogP contribution in [0.4, 0.5) is 5.69 Å². The van der Waals surface area contributed by atoms with E-state index in [9.17, 15) is 9.59 Å². The highest BCUT2D eigenvalue weighted by molar-refractivity contribution is 7.99. The van der Waals surface area contributed by atoms with Crippen molar-refractivity contribution >= 4 is 29.3 Å². The molecule has 2 rings (SSSR count). The summed E-state index contributed by atoms with van der Waals surface area (Å²) in [6.45, 7) is 3.93. The highest BCUT2D eigenvalue weighted by Gasteiger charge is 2.10. The molecule has 0 saturated heterocycles. The van der Waals surface area contributed by atoms with E-state index in [1.54, 1.807) is 0 Å². The number of amides is 2. The summed E-state index contributed by atoms with van der Waals surface area (Å²) in [5, 5.41) is 12.7. The van der Waals surface area contributed by atoms with Crippen molar-refractivity contribution in [2.45, 2.75) is 31.8 Å². The van der Waals surface area contributed by atoms with Crippen molar-refractivity contribution in [1.29, 1.82) is 0 Å². The van der Waals surface area contributed by atoms with E-state index in [1.807, 2.05) is 38.1 Å². The van der Waals surface area contributed by atoms with Crippen molar-refractivity contribution in [3.05, 3.63) is 35.7 Å². The molecule has 0 bridgehead atoms. The van der Waals surface area contributed by atoms with Crippen molar-refractivity contribution in [2.75, 3.05) is 17.6 Å². The lowest BCUT2D eigenvalue weighted by molar-refractivity contribution is -0.122. The molecule has 2 aromatic rings. The van der Waals surface area contributed by atoms with Gasteiger partial charge in [-0.1, -0.05) is 43.8 Å². The standard InChI is InChI=1S/C16H21N5O2S/c1-3-11-7-5-6-8-12(11)18-14(22)9-17-15(23)10-24-16-19-13(4-2)20-21-16/h5-8H,3-4,9-10H2,1-2H3,(H,17,23)(H,18,22)(H,19,20,21). The fourth-order valence-electron chi connectivity index (χ4n) is 2.01. The number of thioether (sulfide) groups is 1. The average Bonchev–Trinajstić information content (AvgIpc) is 3.06. The van der Waals surface area contributed by atoms with E-state index in [4.69, 9.17) is 0 Å². The lowest BCUT2D eigenvalue weighted by atomic mass is 10.1. The molecular weight excluding hydrogens is 326 g/mol. The number of nitrogens with zero attached hydrogens (tertiary/aromatic N) is 2. The van der Waals surface area contributed by atoms with E-state index in [1.165, 1.54) is 11.8 Å². The molecule has 7 nitrogen and oxygen atoms in total. The molecule has 1 aromatic heterocycles. The Labute approximate surface area is 145 Å². The van der Waals surface area contributed by atoms with Gasteiger partial charge in [0.25, 0.3) is 0 Å². The Balaban J connectivity index is 1.73. The number of aromatic amines is 1. The molecule has 0 spiro atoms. The molecule has 0 radical (unpaired) electrons. The summed E-state index contributed by atoms with van der Waals surface area (Å²) in [6, 6.07) is 7.61. The molecule has 0 aliphatic rings. The molecule has 0 aliphatic heterocycles. The zero-order chi connectivity index (χ0) is 17.4. The van der Waals surface area contributed by atoms with Crippen LogP contribution in [0.15, 0.2) is 29.4 Å². The number of rotatable bonds is 8. The first-order valence-corrected chi connectivity index (χ1v) is 8.79. The molecule has 0 saturated carbocycles. The zero-order valence-corrected chi connectivity index (χ0v) is 14.6. The van der Waals surface area contributed by atoms with Gasteiger partial charge in [-0.15, -0.1) is 5.10 Å². The third-order valence-corrected chi connectivity index (χ3v) is 4.14. The normalized spacial score (nSPS) is 10.4. The quantitative estimate of drug-likeness (QED) is 0.632. The minimum Gasteiger partial charge on any atom is -0.346 e. The van der Waals surface area contributed by atoms with Crippen molar-refractivity contribution in [2.24, 2.45) is 0 Å². The maximum absolute atomic E-state index is 11.9. The van der Waals surface area contributed by atoms with Crippen LogP contribution in [0.5, 0.6) is 0 Å². The summed E-state index contributed by atoms with van der Waals surface area (Å²) in [6.07, 6.45) is 1.59. The topological polar surface area (TPSA) is 99.8 Å². The van der Waals surface area contributed by atoms with Crippen LogP contribution in [0.2, 0.25) is 0 Å². The largest absolute Gasteiger partial charge is 0.346 e. The molecule has 8 heteroatoms. The van der Waals surface area contributed by atoms with Crippen LogP contribution in [0.1, 0.15) is 25.2 Å². The third kappa shape index (κ3) is 5.38. The Morgan fingerprint density at radius 2 is 1.96 bits per heavy atom. The summed E-state index contributed by atoms with van der Waals surface area (Å²) in [5.41, 5.74) is 1.84. The summed E-state index contributed by atoms with van der Waals surface area (Å²) in [7, 11) is 0. The van der Waals surface area contributed by atoms with Crippen LogP contribution in [0.3, 0.4) is 0 Å². The van der Waals surface area contributed by atoms with E-state index >= 15 is 0 Å². The number of H-pyrrole nitrogens is 1. The first-order valence-electron chi connectivity index (χ1n) is 7.80. The smallest absolute Gasteiger partial charge is 0.243 e. The molecule has 24 heavy (non-hydrogen) atoms. The van der Waals surface area contributed by atoms with E-state index in [-0.39, 0.29) is 24.1 Å². The fraction of sp³-hybridized carbons (Fsp3) is 0.375. The Bertz CT molecular complexity index is 701. The number of aromatic nitrogens is 3. The van der Waals surface area contributed by atoms with Gasteiger partial charge < -0.3 is 10.6 Å². The summed E-state index contributed by atoms with van der Waals surface area (Å²) in [4.78, 5) is 27.9. The number of carbonyl (C=O) groups excluding carboxylic acids is 2. The predicted molar refractivity (Wildman–Crippen MR) is 93.9 cm³/mol. The highest BCUT2D eigenvalue weighted by atomic mass is 32.2. The van der Waals surface area contributed by atoms with E-state index < -0.39 is 0 Å². The van der Waals surface area contributed by atoms with E-state index in [0.717, 1.165) is 29.9 Å². The Morgan fingerprint density at radius 1 is 1.17 bits per heavy atom. The minimum absolute atomic E-state index is 0.0638. The van der Waals surface area contributed by atoms with Gasteiger partial charge in [-0.05, 0) is 18.1 Å². The summed E-state index contributed by atoms with van der Waals surface area (Å²) < 4.78 is 0. The van der Waals surface area contributed by atoms with Gasteiger partial charge in [-0.2, -0.15) is 0 Å². The first kappa shape index (κ1) is 18.0. The predicted octanol–water partition coefficient (Wildman–Crippen LogP) is 1.78. The summed E-state index contributed by atoms with van der Waals surface area (Å²) in [5.74, 6) is 0.467. The maximum Gasteiger partial charge on any atom is 0.243 e. The SMILES string of the molecule is CCc1nc(SCC(=O)NCC(=O)Nc2ccccc2CC)n[nH]1. The molecule has 2 amide bonds. The fourth-order valence-corrected chi connectivity index (χ4v) is 2.65. The number of nitrogens with one attached hydrogen (secondary N) is 3. The highest BCUT2D eigenvalue weighted by Crippen LogP contribution is 2.15. The van der Waals surface area contributed by atoms with Gasteiger partial charge in [0.1, 0.15) is 5.82 Å². The van der Waals surface area contributed by atoms with Crippen molar-refractivity contribution in [3.63, 3.8) is 0 Å². The monoisotopic (exact) mass is 347 g/mol. The van der Waals surface area contributed by atoms with Gasteiger partial charge in [0, 0.05) is 12.1 Å². The van der Waals surface area contributed by atoms with Crippen LogP contribution in [-0.4, -0.2) is 39.3 Å². The van der Waals surface area contributed by atoms with E-state index in [2.05, 4.69) is 25.8 Å². The van der Waals surface area contributed by atoms with Crippen molar-refractivity contribution < 1.29 is 9.59 Å². The molecule has 0 fully saturated rings. The lowest BCUT2D eigenvalue weighted by Gasteiger charge is -2.10. The molecule has 0 atom stereocenters. The second-order valence-corrected chi connectivity index (χ2v) is 5.99. The Hall–Kier alpha value is -2.35. The maximum atomic E-state index is 11.9. The molecule has 3 N–H and O–H groups in total. The second kappa shape index (κ2) is 9.07. The van der Waals surface area contributed by atoms with Gasteiger partial charge in [0.05, 0.1) is 12.3 Å². The van der Waals surface area contributed by atoms with Crippen molar-refractivity contribution in [3.8, 4) is 0 Å². The van der Waals surface area contributed by atoms with Gasteiger partial charge in [0.15, 0.2) is 0 Å². The van der Waals surface area contributed by atoms with Gasteiger partial charge in [-0.25, -0.2) is 4.98 Å². The number of hydrogen-bond donors (Lipinski definition) is 3. The molecular formula is C16H21N5O2S. The van der Waals surface area contributed by atoms with Crippen LogP contribution in [0.25, 0.3) is 0 Å². The lowest BCUT2D eigenvalue weighted by Crippen LogP contribution is -2.34. The zero-order valence-electron chi connectivity index (χ0n) is 13.8. The van der Waals surface area contributed by atoms with Crippen molar-refractivity contribution in [1.82, 2.24) is 20.5 Å². The number of anilines is 1. The first-order chi connectivity index (χ1) is 11.6. The summed E-state index contributed by atoms with van der Waals surface area (Å²) >= 11 is 1.23. The third-order valence-electron chi connectivity index (χ3n) is 3.30. The number of para-hydroxylation sites is 1. The van der Waals surface area contributed by atoms with Gasteiger partial charge in [0.2, 0.25) is 17.0 Å². The molecule has 0 aliphatic carbocycles. The minimum atomic E-state index is -0.250. The molecule has 1 aromatic carbocycles.